The van der Waals surface area contributed by atoms with E-state index in [1.165, 1.54) is 14.2 Å². The van der Waals surface area contributed by atoms with Crippen molar-refractivity contribution in [1.82, 2.24) is 0 Å². The van der Waals surface area contributed by atoms with Crippen LogP contribution in [0.5, 0.6) is 11.5 Å². The normalized spacial score (nSPS) is 23.8. The molecule has 2 fully saturated rings. The molecule has 0 saturated carbocycles. The number of benzene rings is 3. The van der Waals surface area contributed by atoms with Crippen LogP contribution in [-0.2, 0) is 96.1 Å². The van der Waals surface area contributed by atoms with Crippen molar-refractivity contribution in [3.63, 3.8) is 0 Å². The van der Waals surface area contributed by atoms with Gasteiger partial charge in [0.25, 0.3) is 0 Å². The number of methoxy groups -OCH3 is 2. The van der Waals surface area contributed by atoms with Crippen LogP contribution < -0.4 is 9.47 Å². The largest absolute Gasteiger partial charge is 0.497 e. The first-order valence-electron chi connectivity index (χ1n) is 22.1. The van der Waals surface area contributed by atoms with Gasteiger partial charge in [-0.15, -0.1) is 0 Å². The monoisotopic (exact) mass is 996 g/mol. The Hall–Kier alpha value is -7.14. The quantitative estimate of drug-likeness (QED) is 0.0857. The van der Waals surface area contributed by atoms with Crippen molar-refractivity contribution in [3.8, 4) is 11.5 Å². The van der Waals surface area contributed by atoms with Crippen LogP contribution in [0.1, 0.15) is 71.1 Å². The third kappa shape index (κ3) is 14.0. The number of ether oxygens (including phenoxy) is 13. The van der Waals surface area contributed by atoms with E-state index in [0.717, 1.165) is 41.5 Å². The highest BCUT2D eigenvalue weighted by Crippen LogP contribution is 2.45. The zero-order valence-electron chi connectivity index (χ0n) is 40.2. The second-order valence-corrected chi connectivity index (χ2v) is 16.1. The van der Waals surface area contributed by atoms with E-state index in [2.05, 4.69) is 0 Å². The number of carboxylic acid groups (broad SMARTS) is 1. The average Bonchev–Trinajstić information content (AvgIpc) is 3.58. The summed E-state index contributed by atoms with van der Waals surface area (Å²) in [6.07, 6.45) is -15.8. The third-order valence-corrected chi connectivity index (χ3v) is 10.9. The first kappa shape index (κ1) is 54.8. The summed E-state index contributed by atoms with van der Waals surface area (Å²) in [5.41, 5.74) is 0.0274. The maximum absolute atomic E-state index is 13.6. The van der Waals surface area contributed by atoms with Crippen LogP contribution in [0.25, 0.3) is 0 Å². The van der Waals surface area contributed by atoms with Crippen LogP contribution in [0, 0.1) is 0 Å². The summed E-state index contributed by atoms with van der Waals surface area (Å²) in [6, 6.07) is 22.7. The molecule has 5 rings (SSSR count). The van der Waals surface area contributed by atoms with Gasteiger partial charge in [0, 0.05) is 41.5 Å². The molecule has 22 heteroatoms. The van der Waals surface area contributed by atoms with Gasteiger partial charge < -0.3 is 66.7 Å². The fourth-order valence-electron chi connectivity index (χ4n) is 8.07. The van der Waals surface area contributed by atoms with Crippen LogP contribution in [0.2, 0.25) is 0 Å². The van der Waals surface area contributed by atoms with Gasteiger partial charge in [-0.3, -0.25) is 38.4 Å². The molecule has 2 aliphatic heterocycles. The molecule has 2 saturated heterocycles. The first-order chi connectivity index (χ1) is 33.7. The number of aliphatic carboxylic acids is 1. The van der Waals surface area contributed by atoms with Gasteiger partial charge in [0.2, 0.25) is 12.1 Å². The number of esters is 7. The fraction of sp³-hybridized carbons (Fsp3) is 0.469. The lowest BCUT2D eigenvalue weighted by Crippen LogP contribution is -2.66. The summed E-state index contributed by atoms with van der Waals surface area (Å²) in [5.74, 6) is -9.71. The Morgan fingerprint density at radius 3 is 1.55 bits per heavy atom. The molecular formula is C49H56O22. The second-order valence-electron chi connectivity index (χ2n) is 16.1. The smallest absolute Gasteiger partial charge is 0.306 e. The molecule has 3 aromatic carbocycles. The molecule has 1 N–H and O–H groups in total. The number of carbonyl (C=O) groups is 8. The molecule has 2 aliphatic rings. The van der Waals surface area contributed by atoms with Gasteiger partial charge in [0.15, 0.2) is 30.5 Å². The van der Waals surface area contributed by atoms with Gasteiger partial charge in [0.1, 0.15) is 42.5 Å². The number of hydrogen-bond acceptors (Lipinski definition) is 21. The van der Waals surface area contributed by atoms with Gasteiger partial charge in [-0.2, -0.15) is 0 Å². The summed E-state index contributed by atoms with van der Waals surface area (Å²) in [4.78, 5) is 101. The van der Waals surface area contributed by atoms with Crippen LogP contribution >= 0.6 is 0 Å². The van der Waals surface area contributed by atoms with E-state index in [1.807, 2.05) is 0 Å². The Labute approximate surface area is 407 Å². The van der Waals surface area contributed by atoms with Gasteiger partial charge in [-0.1, -0.05) is 54.6 Å². The van der Waals surface area contributed by atoms with Crippen LogP contribution in [0.3, 0.4) is 0 Å². The number of carbonyl (C=O) groups excluding carboxylic acids is 7. The highest BCUT2D eigenvalue weighted by Gasteiger charge is 2.65. The molecule has 2 heterocycles. The predicted molar refractivity (Wildman–Crippen MR) is 238 cm³/mol. The fourth-order valence-corrected chi connectivity index (χ4v) is 8.07. The highest BCUT2D eigenvalue weighted by molar-refractivity contribution is 5.77. The Kier molecular flexibility index (Phi) is 19.0. The lowest BCUT2D eigenvalue weighted by molar-refractivity contribution is -0.385. The maximum Gasteiger partial charge on any atom is 0.306 e. The Balaban J connectivity index is 1.76. The van der Waals surface area contributed by atoms with Crippen molar-refractivity contribution >= 4 is 47.8 Å². The molecule has 0 unspecified atom stereocenters. The van der Waals surface area contributed by atoms with E-state index in [1.54, 1.807) is 78.9 Å². The third-order valence-electron chi connectivity index (χ3n) is 10.9. The first-order valence-corrected chi connectivity index (χ1v) is 22.1. The van der Waals surface area contributed by atoms with Crippen molar-refractivity contribution in [2.75, 3.05) is 34.0 Å². The molecule has 0 aromatic heterocycles. The van der Waals surface area contributed by atoms with E-state index in [0.29, 0.717) is 28.2 Å². The molecule has 0 amide bonds. The van der Waals surface area contributed by atoms with Crippen molar-refractivity contribution in [1.29, 1.82) is 0 Å². The van der Waals surface area contributed by atoms with Crippen molar-refractivity contribution in [3.05, 3.63) is 95.6 Å². The summed E-state index contributed by atoms with van der Waals surface area (Å²) in [7, 11) is 2.99. The van der Waals surface area contributed by atoms with Gasteiger partial charge >= 0.3 is 47.8 Å². The molecule has 0 spiro atoms. The summed E-state index contributed by atoms with van der Waals surface area (Å²) < 4.78 is 76.8. The van der Waals surface area contributed by atoms with Gasteiger partial charge in [-0.25, -0.2) is 0 Å². The summed E-state index contributed by atoms with van der Waals surface area (Å²) in [5, 5.41) is 9.45. The van der Waals surface area contributed by atoms with Crippen molar-refractivity contribution < 1.29 is 105 Å². The Morgan fingerprint density at radius 1 is 0.549 bits per heavy atom. The molecule has 0 aliphatic carbocycles. The molecule has 22 nitrogen and oxygen atoms in total. The summed E-state index contributed by atoms with van der Waals surface area (Å²) in [6.45, 7) is 3.87. The molecule has 3 aromatic rings. The molecule has 384 valence electrons. The van der Waals surface area contributed by atoms with Gasteiger partial charge in [-0.05, 0) is 41.0 Å². The molecular weight excluding hydrogens is 941 g/mol. The lowest BCUT2D eigenvalue weighted by atomic mass is 9.80. The lowest BCUT2D eigenvalue weighted by Gasteiger charge is -2.47. The minimum Gasteiger partial charge on any atom is -0.497 e. The predicted octanol–water partition coefficient (Wildman–Crippen LogP) is 3.48. The molecule has 0 radical (unpaired) electrons. The number of carboxylic acids is 1. The zero-order valence-corrected chi connectivity index (χ0v) is 40.2. The van der Waals surface area contributed by atoms with Crippen LogP contribution in [0.4, 0.5) is 0 Å². The van der Waals surface area contributed by atoms with E-state index >= 15 is 0 Å². The topological polar surface area (TPSA) is 277 Å². The van der Waals surface area contributed by atoms with Crippen LogP contribution in [0.15, 0.2) is 78.9 Å². The second kappa shape index (κ2) is 24.6. The van der Waals surface area contributed by atoms with Gasteiger partial charge in [0.05, 0.1) is 33.7 Å². The van der Waals surface area contributed by atoms with Crippen molar-refractivity contribution in [2.45, 2.75) is 115 Å². The Morgan fingerprint density at radius 2 is 1.06 bits per heavy atom. The van der Waals surface area contributed by atoms with Crippen LogP contribution in [-0.4, -0.2) is 142 Å². The Bertz CT molecular complexity index is 2300. The summed E-state index contributed by atoms with van der Waals surface area (Å²) >= 11 is 0. The number of hydrogen-bond donors (Lipinski definition) is 1. The minimum absolute atomic E-state index is 0.505. The molecule has 0 bridgehead atoms. The van der Waals surface area contributed by atoms with E-state index in [-0.39, 0.29) is 0 Å². The molecule has 9 atom stereocenters. The van der Waals surface area contributed by atoms with Crippen molar-refractivity contribution in [2.24, 2.45) is 0 Å². The highest BCUT2D eigenvalue weighted by atomic mass is 16.8. The van der Waals surface area contributed by atoms with E-state index < -0.39 is 141 Å². The standard InChI is InChI=1S/C49H56O22/c1-27(50)61-24-39-43(64-29(3)52)46(67-32(6)55)48(70-39,26-62-28(2)51)71-47-45(66-31(5)54)44(65-30(4)53)42(69-41(58)23-22-40(56)57)38(68-47)25-63-49(33-12-10-9-11-13-33,34-14-18-36(59-7)19-15-34)35-16-20-37(60-8)21-17-35/h9-21,38-39,42-47H,22-26H2,1-8H3,(H,56,57)/t38-,39-,42-,43-,44+,45-,46+,47-,48+/m1/s1. The molecule has 71 heavy (non-hydrogen) atoms. The number of rotatable bonds is 22. The minimum atomic E-state index is -2.61. The average molecular weight is 997 g/mol. The SMILES string of the molecule is COc1ccc(C(OC[C@H]2O[C@H](O[C@]3(COC(C)=O)O[C@H](COC(C)=O)[C@@H](OC(C)=O)[C@@H]3OC(C)=O)[C@H](OC(C)=O)[C@@H](OC(C)=O)[C@@H]2OC(=O)CCC(=O)O)(c2ccccc2)c2ccc(OC)cc2)cc1. The van der Waals surface area contributed by atoms with E-state index in [4.69, 9.17) is 61.6 Å². The zero-order chi connectivity index (χ0) is 52.0. The maximum atomic E-state index is 13.6. The van der Waals surface area contributed by atoms with E-state index in [9.17, 15) is 43.5 Å².